The van der Waals surface area contributed by atoms with Gasteiger partial charge in [0.05, 0.1) is 0 Å². The van der Waals surface area contributed by atoms with Crippen LogP contribution in [0.5, 0.6) is 0 Å². The van der Waals surface area contributed by atoms with E-state index in [2.05, 4.69) is 17.4 Å². The largest absolute Gasteiger partial charge is 0.450 e. The fraction of sp³-hybridized carbons (Fsp3) is 0.125. The molecule has 3 aromatic carbocycles. The zero-order valence-corrected chi connectivity index (χ0v) is 16.3. The van der Waals surface area contributed by atoms with Gasteiger partial charge in [-0.1, -0.05) is 59.6 Å². The lowest BCUT2D eigenvalue weighted by Crippen LogP contribution is -2.25. The van der Waals surface area contributed by atoms with Crippen molar-refractivity contribution in [1.29, 1.82) is 0 Å². The number of hydrogen-bond donors (Lipinski definition) is 1. The molecule has 0 bridgehead atoms. The third-order valence-electron chi connectivity index (χ3n) is 4.72. The molecule has 0 aliphatic heterocycles. The fourth-order valence-electron chi connectivity index (χ4n) is 3.29. The molecule has 0 atom stereocenters. The van der Waals surface area contributed by atoms with Gasteiger partial charge in [0.25, 0.3) is 5.91 Å². The van der Waals surface area contributed by atoms with Crippen LogP contribution >= 0.6 is 11.6 Å². The lowest BCUT2D eigenvalue weighted by atomic mass is 10.0. The molecule has 0 fully saturated rings. The van der Waals surface area contributed by atoms with E-state index in [0.717, 1.165) is 28.3 Å². The monoisotopic (exact) mass is 389 g/mol. The number of amides is 1. The maximum atomic E-state index is 12.8. The topological polar surface area (TPSA) is 42.2 Å². The normalized spacial score (nSPS) is 10.9. The minimum Gasteiger partial charge on any atom is -0.450 e. The van der Waals surface area contributed by atoms with Crippen molar-refractivity contribution in [3.05, 3.63) is 94.7 Å². The first-order chi connectivity index (χ1) is 13.6. The third kappa shape index (κ3) is 3.80. The van der Waals surface area contributed by atoms with Crippen molar-refractivity contribution >= 4 is 28.3 Å². The molecule has 0 saturated carbocycles. The van der Waals surface area contributed by atoms with Gasteiger partial charge in [0.1, 0.15) is 5.76 Å². The first-order valence-electron chi connectivity index (χ1n) is 9.23. The Morgan fingerprint density at radius 1 is 0.964 bits per heavy atom. The Bertz CT molecular complexity index is 1110. The molecule has 4 aromatic rings. The van der Waals surface area contributed by atoms with E-state index in [0.29, 0.717) is 23.1 Å². The third-order valence-corrected chi connectivity index (χ3v) is 4.98. The Hall–Kier alpha value is -3.04. The summed E-state index contributed by atoms with van der Waals surface area (Å²) < 4.78 is 6.06. The lowest BCUT2D eigenvalue weighted by molar-refractivity contribution is 0.0929. The quantitative estimate of drug-likeness (QED) is 0.452. The maximum absolute atomic E-state index is 12.8. The molecule has 0 spiro atoms. The van der Waals surface area contributed by atoms with Gasteiger partial charge in [-0.25, -0.2) is 0 Å². The second kappa shape index (κ2) is 7.91. The average Bonchev–Trinajstić information content (AvgIpc) is 3.08. The van der Waals surface area contributed by atoms with Crippen molar-refractivity contribution in [2.24, 2.45) is 0 Å². The highest BCUT2D eigenvalue weighted by Gasteiger charge is 2.20. The van der Waals surface area contributed by atoms with E-state index in [-0.39, 0.29) is 5.91 Å². The maximum Gasteiger partial charge on any atom is 0.287 e. The van der Waals surface area contributed by atoms with Gasteiger partial charge in [-0.15, -0.1) is 0 Å². The summed E-state index contributed by atoms with van der Waals surface area (Å²) in [6, 6.07) is 23.5. The number of rotatable bonds is 5. The number of aryl methyl sites for hydroxylation is 1. The number of hydrogen-bond acceptors (Lipinski definition) is 2. The van der Waals surface area contributed by atoms with Gasteiger partial charge in [-0.05, 0) is 49.2 Å². The smallest absolute Gasteiger partial charge is 0.287 e. The molecule has 3 nitrogen and oxygen atoms in total. The second-order valence-electron chi connectivity index (χ2n) is 6.81. The Kier molecular flexibility index (Phi) is 5.18. The number of fused-ring (bicyclic) bond motifs is 1. The molecular weight excluding hydrogens is 370 g/mol. The fourth-order valence-corrected chi connectivity index (χ4v) is 3.41. The SMILES string of the molecule is Cc1ccc2c(C(=O)NCCc3ccccc3)oc(-c3ccc(Cl)cc3)c2c1. The van der Waals surface area contributed by atoms with Crippen LogP contribution in [0, 0.1) is 6.92 Å². The van der Waals surface area contributed by atoms with Gasteiger partial charge in [0.2, 0.25) is 0 Å². The molecular formula is C24H20ClNO2. The molecule has 4 heteroatoms. The highest BCUT2D eigenvalue weighted by atomic mass is 35.5. The van der Waals surface area contributed by atoms with Crippen LogP contribution in [-0.4, -0.2) is 12.5 Å². The molecule has 1 heterocycles. The van der Waals surface area contributed by atoms with E-state index >= 15 is 0 Å². The molecule has 0 aliphatic carbocycles. The highest BCUT2D eigenvalue weighted by Crippen LogP contribution is 2.35. The van der Waals surface area contributed by atoms with Gasteiger partial charge in [-0.3, -0.25) is 4.79 Å². The molecule has 1 amide bonds. The van der Waals surface area contributed by atoms with Crippen LogP contribution in [0.3, 0.4) is 0 Å². The number of halogens is 1. The summed E-state index contributed by atoms with van der Waals surface area (Å²) in [5.74, 6) is 0.821. The summed E-state index contributed by atoms with van der Waals surface area (Å²) in [4.78, 5) is 12.8. The van der Waals surface area contributed by atoms with Gasteiger partial charge in [0.15, 0.2) is 5.76 Å². The van der Waals surface area contributed by atoms with Crippen LogP contribution in [0.15, 0.2) is 77.2 Å². The molecule has 1 aromatic heterocycles. The van der Waals surface area contributed by atoms with E-state index in [1.54, 1.807) is 0 Å². The molecule has 28 heavy (non-hydrogen) atoms. The molecule has 0 aliphatic rings. The van der Waals surface area contributed by atoms with Crippen LogP contribution < -0.4 is 5.32 Å². The second-order valence-corrected chi connectivity index (χ2v) is 7.24. The first-order valence-corrected chi connectivity index (χ1v) is 9.61. The predicted octanol–water partition coefficient (Wildman–Crippen LogP) is 6.03. The summed E-state index contributed by atoms with van der Waals surface area (Å²) in [7, 11) is 0. The van der Waals surface area contributed by atoms with Crippen LogP contribution in [0.25, 0.3) is 22.1 Å². The summed E-state index contributed by atoms with van der Waals surface area (Å²) in [5.41, 5.74) is 3.19. The number of furan rings is 1. The van der Waals surface area contributed by atoms with Crippen LogP contribution in [0.2, 0.25) is 5.02 Å². The lowest BCUT2D eigenvalue weighted by Gasteiger charge is -2.04. The molecule has 4 rings (SSSR count). The van der Waals surface area contributed by atoms with Crippen LogP contribution in [0.4, 0.5) is 0 Å². The Morgan fingerprint density at radius 3 is 2.46 bits per heavy atom. The summed E-state index contributed by atoms with van der Waals surface area (Å²) in [6.45, 7) is 2.57. The molecule has 0 radical (unpaired) electrons. The van der Waals surface area contributed by atoms with E-state index in [1.807, 2.05) is 67.6 Å². The van der Waals surface area contributed by atoms with Crippen LogP contribution in [-0.2, 0) is 6.42 Å². The highest BCUT2D eigenvalue weighted by molar-refractivity contribution is 6.30. The van der Waals surface area contributed by atoms with Gasteiger partial charge in [-0.2, -0.15) is 0 Å². The Morgan fingerprint density at radius 2 is 1.71 bits per heavy atom. The zero-order chi connectivity index (χ0) is 19.5. The minimum absolute atomic E-state index is 0.204. The van der Waals surface area contributed by atoms with Gasteiger partial charge in [0, 0.05) is 27.9 Å². The predicted molar refractivity (Wildman–Crippen MR) is 114 cm³/mol. The van der Waals surface area contributed by atoms with Crippen LogP contribution in [0.1, 0.15) is 21.7 Å². The van der Waals surface area contributed by atoms with Crippen molar-refractivity contribution in [3.8, 4) is 11.3 Å². The summed E-state index contributed by atoms with van der Waals surface area (Å²) in [6.07, 6.45) is 0.772. The Labute approximate surface area is 168 Å². The van der Waals surface area contributed by atoms with Crippen molar-refractivity contribution in [2.75, 3.05) is 6.54 Å². The van der Waals surface area contributed by atoms with E-state index in [9.17, 15) is 4.79 Å². The molecule has 140 valence electrons. The molecule has 0 unspecified atom stereocenters. The van der Waals surface area contributed by atoms with Gasteiger partial charge < -0.3 is 9.73 Å². The van der Waals surface area contributed by atoms with Crippen molar-refractivity contribution in [2.45, 2.75) is 13.3 Å². The van der Waals surface area contributed by atoms with Gasteiger partial charge >= 0.3 is 0 Å². The van der Waals surface area contributed by atoms with Crippen molar-refractivity contribution in [3.63, 3.8) is 0 Å². The number of benzene rings is 3. The van der Waals surface area contributed by atoms with E-state index in [1.165, 1.54) is 5.56 Å². The Balaban J connectivity index is 1.63. The van der Waals surface area contributed by atoms with E-state index < -0.39 is 0 Å². The van der Waals surface area contributed by atoms with E-state index in [4.69, 9.17) is 16.0 Å². The zero-order valence-electron chi connectivity index (χ0n) is 15.5. The standard InChI is InChI=1S/C24H20ClNO2/c1-16-7-12-20-21(15-16)22(18-8-10-19(25)11-9-18)28-23(20)24(27)26-14-13-17-5-3-2-4-6-17/h2-12,15H,13-14H2,1H3,(H,26,27). The number of carbonyl (C=O) groups is 1. The molecule has 0 saturated heterocycles. The minimum atomic E-state index is -0.204. The van der Waals surface area contributed by atoms with Crippen molar-refractivity contribution < 1.29 is 9.21 Å². The summed E-state index contributed by atoms with van der Waals surface area (Å²) in [5, 5.41) is 5.38. The number of nitrogens with one attached hydrogen (secondary N) is 1. The average molecular weight is 390 g/mol. The summed E-state index contributed by atoms with van der Waals surface area (Å²) >= 11 is 6.01. The number of carbonyl (C=O) groups excluding carboxylic acids is 1. The molecule has 1 N–H and O–H groups in total. The van der Waals surface area contributed by atoms with Crippen molar-refractivity contribution in [1.82, 2.24) is 5.32 Å². The first kappa shape index (κ1) is 18.3.